The molecule has 5 nitrogen and oxygen atoms in total. The number of amides is 1. The van der Waals surface area contributed by atoms with Crippen LogP contribution in [0.15, 0.2) is 18.2 Å². The fourth-order valence-corrected chi connectivity index (χ4v) is 2.09. The van der Waals surface area contributed by atoms with Crippen molar-refractivity contribution in [1.29, 1.82) is 0 Å². The zero-order valence-electron chi connectivity index (χ0n) is 11.9. The van der Waals surface area contributed by atoms with Gasteiger partial charge in [0.15, 0.2) is 0 Å². The first-order valence-electron chi connectivity index (χ1n) is 6.58. The number of anilines is 1. The summed E-state index contributed by atoms with van der Waals surface area (Å²) in [6.45, 7) is 3.31. The minimum Gasteiger partial charge on any atom is -0.480 e. The monoisotopic (exact) mass is 316 g/mol. The van der Waals surface area contributed by atoms with E-state index in [0.717, 1.165) is 6.07 Å². The van der Waals surface area contributed by atoms with Crippen LogP contribution >= 0.6 is 11.6 Å². The Labute approximate surface area is 127 Å². The van der Waals surface area contributed by atoms with Crippen LogP contribution < -0.4 is 10.6 Å². The minimum atomic E-state index is -1.13. The summed E-state index contributed by atoms with van der Waals surface area (Å²) in [6, 6.07) is 3.81. The molecular formula is C14H18ClFN2O3. The lowest BCUT2D eigenvalue weighted by Gasteiger charge is -2.27. The molecule has 1 amide bonds. The average molecular weight is 317 g/mol. The van der Waals surface area contributed by atoms with E-state index in [4.69, 9.17) is 11.6 Å². The molecule has 3 N–H and O–H groups in total. The van der Waals surface area contributed by atoms with E-state index in [1.54, 1.807) is 13.8 Å². The van der Waals surface area contributed by atoms with E-state index in [-0.39, 0.29) is 11.6 Å². The molecule has 1 aromatic rings. The predicted molar refractivity (Wildman–Crippen MR) is 79.0 cm³/mol. The van der Waals surface area contributed by atoms with Crippen LogP contribution in [-0.4, -0.2) is 29.1 Å². The number of carbonyl (C=O) groups excluding carboxylic acids is 1. The van der Waals surface area contributed by atoms with Crippen molar-refractivity contribution in [2.24, 2.45) is 0 Å². The third kappa shape index (κ3) is 4.41. The summed E-state index contributed by atoms with van der Waals surface area (Å²) in [5, 5.41) is 14.4. The number of benzene rings is 1. The third-order valence-electron chi connectivity index (χ3n) is 3.41. The maximum atomic E-state index is 13.0. The molecule has 0 spiro atoms. The number of rotatable bonds is 7. The number of carbonyl (C=O) groups is 2. The molecule has 0 aliphatic rings. The zero-order valence-corrected chi connectivity index (χ0v) is 12.6. The van der Waals surface area contributed by atoms with E-state index >= 15 is 0 Å². The Balaban J connectivity index is 2.65. The van der Waals surface area contributed by atoms with Crippen molar-refractivity contribution >= 4 is 29.2 Å². The molecule has 1 aromatic carbocycles. The Bertz CT molecular complexity index is 533. The van der Waals surface area contributed by atoms with Crippen LogP contribution in [-0.2, 0) is 9.59 Å². The molecule has 0 fully saturated rings. The van der Waals surface area contributed by atoms with Gasteiger partial charge < -0.3 is 10.4 Å². The van der Waals surface area contributed by atoms with E-state index in [1.807, 2.05) is 0 Å². The molecule has 0 saturated heterocycles. The highest BCUT2D eigenvalue weighted by atomic mass is 35.5. The molecule has 0 aliphatic carbocycles. The summed E-state index contributed by atoms with van der Waals surface area (Å²) in [5.74, 6) is -2.00. The fraction of sp³-hybridized carbons (Fsp3) is 0.429. The average Bonchev–Trinajstić information content (AvgIpc) is 2.44. The number of carboxylic acid groups (broad SMARTS) is 1. The first-order valence-corrected chi connectivity index (χ1v) is 6.95. The van der Waals surface area contributed by atoms with Crippen molar-refractivity contribution in [2.75, 3.05) is 11.9 Å². The van der Waals surface area contributed by atoms with Crippen molar-refractivity contribution in [3.05, 3.63) is 29.0 Å². The van der Waals surface area contributed by atoms with Crippen LogP contribution in [0.1, 0.15) is 26.7 Å². The summed E-state index contributed by atoms with van der Waals surface area (Å²) >= 11 is 5.61. The lowest BCUT2D eigenvalue weighted by molar-refractivity contribution is -0.145. The Morgan fingerprint density at radius 3 is 2.43 bits per heavy atom. The van der Waals surface area contributed by atoms with E-state index < -0.39 is 23.2 Å². The van der Waals surface area contributed by atoms with Crippen molar-refractivity contribution in [3.63, 3.8) is 0 Å². The summed E-state index contributed by atoms with van der Waals surface area (Å²) < 4.78 is 13.0. The van der Waals surface area contributed by atoms with Gasteiger partial charge in [-0.2, -0.15) is 0 Å². The van der Waals surface area contributed by atoms with Crippen LogP contribution in [0.5, 0.6) is 0 Å². The first-order chi connectivity index (χ1) is 9.84. The van der Waals surface area contributed by atoms with Gasteiger partial charge in [-0.05, 0) is 31.0 Å². The van der Waals surface area contributed by atoms with Crippen molar-refractivity contribution in [3.8, 4) is 0 Å². The Hall–Kier alpha value is -1.66. The molecule has 7 heteroatoms. The number of carboxylic acids is 1. The van der Waals surface area contributed by atoms with Gasteiger partial charge in [-0.1, -0.05) is 25.4 Å². The second kappa shape index (κ2) is 7.38. The second-order valence-electron chi connectivity index (χ2n) is 4.62. The van der Waals surface area contributed by atoms with Crippen molar-refractivity contribution in [1.82, 2.24) is 5.32 Å². The molecule has 0 bridgehead atoms. The maximum Gasteiger partial charge on any atom is 0.323 e. The molecule has 0 aliphatic heterocycles. The van der Waals surface area contributed by atoms with Gasteiger partial charge in [-0.3, -0.25) is 14.9 Å². The van der Waals surface area contributed by atoms with Gasteiger partial charge in [-0.25, -0.2) is 4.39 Å². The highest BCUT2D eigenvalue weighted by Gasteiger charge is 2.34. The second-order valence-corrected chi connectivity index (χ2v) is 5.03. The summed E-state index contributed by atoms with van der Waals surface area (Å²) in [7, 11) is 0. The SMILES string of the molecule is CCC(CC)(NCC(=O)Nc1ccc(F)c(Cl)c1)C(=O)O. The smallest absolute Gasteiger partial charge is 0.323 e. The zero-order chi connectivity index (χ0) is 16.0. The largest absolute Gasteiger partial charge is 0.480 e. The molecule has 116 valence electrons. The number of nitrogens with one attached hydrogen (secondary N) is 2. The van der Waals surface area contributed by atoms with E-state index in [2.05, 4.69) is 10.6 Å². The third-order valence-corrected chi connectivity index (χ3v) is 3.70. The molecule has 0 radical (unpaired) electrons. The Kier molecular flexibility index (Phi) is 6.11. The highest BCUT2D eigenvalue weighted by molar-refractivity contribution is 6.31. The van der Waals surface area contributed by atoms with Crippen molar-refractivity contribution < 1.29 is 19.1 Å². The first kappa shape index (κ1) is 17.4. The van der Waals surface area contributed by atoms with E-state index in [9.17, 15) is 19.1 Å². The van der Waals surface area contributed by atoms with Crippen LogP contribution in [0.2, 0.25) is 5.02 Å². The van der Waals surface area contributed by atoms with Crippen LogP contribution in [0.3, 0.4) is 0 Å². The van der Waals surface area contributed by atoms with E-state index in [1.165, 1.54) is 12.1 Å². The lowest BCUT2D eigenvalue weighted by Crippen LogP contribution is -2.53. The van der Waals surface area contributed by atoms with Gasteiger partial charge in [0.1, 0.15) is 11.4 Å². The van der Waals surface area contributed by atoms with Gasteiger partial charge in [0.05, 0.1) is 11.6 Å². The van der Waals surface area contributed by atoms with Crippen LogP contribution in [0, 0.1) is 5.82 Å². The van der Waals surface area contributed by atoms with Crippen molar-refractivity contribution in [2.45, 2.75) is 32.2 Å². The van der Waals surface area contributed by atoms with Crippen LogP contribution in [0.25, 0.3) is 0 Å². The molecule has 0 unspecified atom stereocenters. The molecule has 0 saturated carbocycles. The topological polar surface area (TPSA) is 78.4 Å². The molecule has 0 atom stereocenters. The molecule has 0 aromatic heterocycles. The van der Waals surface area contributed by atoms with Gasteiger partial charge in [0.2, 0.25) is 5.91 Å². The maximum absolute atomic E-state index is 13.0. The van der Waals surface area contributed by atoms with E-state index in [0.29, 0.717) is 18.5 Å². The predicted octanol–water partition coefficient (Wildman–Crippen LogP) is 2.65. The van der Waals surface area contributed by atoms with Gasteiger partial charge >= 0.3 is 5.97 Å². The molecule has 0 heterocycles. The minimum absolute atomic E-state index is 0.0947. The normalized spacial score (nSPS) is 11.2. The number of halogens is 2. The summed E-state index contributed by atoms with van der Waals surface area (Å²) in [6.07, 6.45) is 0.711. The lowest BCUT2D eigenvalue weighted by atomic mass is 9.93. The molecular weight excluding hydrogens is 299 g/mol. The molecule has 21 heavy (non-hydrogen) atoms. The summed E-state index contributed by atoms with van der Waals surface area (Å²) in [5.41, 5.74) is -0.778. The quantitative estimate of drug-likeness (QED) is 0.722. The Morgan fingerprint density at radius 1 is 1.33 bits per heavy atom. The fourth-order valence-electron chi connectivity index (χ4n) is 1.91. The Morgan fingerprint density at radius 2 is 1.95 bits per heavy atom. The van der Waals surface area contributed by atoms with Crippen LogP contribution in [0.4, 0.5) is 10.1 Å². The van der Waals surface area contributed by atoms with Gasteiger partial charge in [-0.15, -0.1) is 0 Å². The number of hydrogen-bond acceptors (Lipinski definition) is 3. The number of aliphatic carboxylic acids is 1. The molecule has 1 rings (SSSR count). The number of hydrogen-bond donors (Lipinski definition) is 3. The highest BCUT2D eigenvalue weighted by Crippen LogP contribution is 2.19. The standard InChI is InChI=1S/C14H18ClFN2O3/c1-3-14(4-2,13(20)21)17-8-12(19)18-9-5-6-11(16)10(15)7-9/h5-7,17H,3-4,8H2,1-2H3,(H,18,19)(H,20,21). The van der Waals surface area contributed by atoms with Gasteiger partial charge in [0.25, 0.3) is 0 Å². The van der Waals surface area contributed by atoms with Gasteiger partial charge in [0, 0.05) is 5.69 Å². The summed E-state index contributed by atoms with van der Waals surface area (Å²) in [4.78, 5) is 23.1.